The average molecular weight is 339 g/mol. The van der Waals surface area contributed by atoms with Gasteiger partial charge in [-0.2, -0.15) is 0 Å². The number of para-hydroxylation sites is 1. The van der Waals surface area contributed by atoms with Crippen molar-refractivity contribution in [3.8, 4) is 0 Å². The van der Waals surface area contributed by atoms with Gasteiger partial charge in [-0.05, 0) is 36.8 Å². The number of anilines is 1. The molecule has 3 aromatic rings. The van der Waals surface area contributed by atoms with Crippen LogP contribution in [0.3, 0.4) is 0 Å². The quantitative estimate of drug-likeness (QED) is 0.681. The molecule has 6 heteroatoms. The maximum absolute atomic E-state index is 12.9. The number of aliphatic hydroxyl groups is 1. The highest BCUT2D eigenvalue weighted by Crippen LogP contribution is 2.21. The molecule has 1 atom stereocenters. The fraction of sp³-hybridized carbons (Fsp3) is 0.158. The molecular weight excluding hydrogens is 321 g/mol. The van der Waals surface area contributed by atoms with Crippen molar-refractivity contribution in [3.63, 3.8) is 0 Å². The molecule has 0 radical (unpaired) electrons. The molecule has 0 saturated carbocycles. The number of benzene rings is 2. The fourth-order valence-electron chi connectivity index (χ4n) is 2.50. The van der Waals surface area contributed by atoms with Gasteiger partial charge in [0.25, 0.3) is 0 Å². The molecule has 0 aliphatic rings. The minimum Gasteiger partial charge on any atom is -0.387 e. The van der Waals surface area contributed by atoms with E-state index in [0.717, 1.165) is 11.1 Å². The highest BCUT2D eigenvalue weighted by Gasteiger charge is 2.11. The molecule has 2 aromatic carbocycles. The van der Waals surface area contributed by atoms with Gasteiger partial charge in [-0.1, -0.05) is 30.3 Å². The van der Waals surface area contributed by atoms with Crippen LogP contribution in [0.2, 0.25) is 0 Å². The standard InChI is InChI=1S/C19H18FN3O2/c1-12-5-6-14-3-2-4-16(18(14)22-12)23-19(25)21-11-17(24)13-7-9-15(20)10-8-13/h2-10,17,24H,11H2,1H3,(H2,21,23,25). The third-order valence-corrected chi connectivity index (χ3v) is 3.82. The number of amides is 2. The predicted octanol–water partition coefficient (Wildman–Crippen LogP) is 3.54. The van der Waals surface area contributed by atoms with Crippen LogP contribution >= 0.6 is 0 Å². The molecular formula is C19H18FN3O2. The lowest BCUT2D eigenvalue weighted by Gasteiger charge is -2.14. The largest absolute Gasteiger partial charge is 0.387 e. The van der Waals surface area contributed by atoms with Crippen molar-refractivity contribution in [2.75, 3.05) is 11.9 Å². The molecule has 3 N–H and O–H groups in total. The van der Waals surface area contributed by atoms with Crippen molar-refractivity contribution < 1.29 is 14.3 Å². The summed E-state index contributed by atoms with van der Waals surface area (Å²) in [6.45, 7) is 1.89. The predicted molar refractivity (Wildman–Crippen MR) is 94.9 cm³/mol. The van der Waals surface area contributed by atoms with Crippen LogP contribution in [0, 0.1) is 12.7 Å². The maximum Gasteiger partial charge on any atom is 0.319 e. The monoisotopic (exact) mass is 339 g/mol. The first-order valence-corrected chi connectivity index (χ1v) is 7.88. The van der Waals surface area contributed by atoms with Crippen molar-refractivity contribution in [1.82, 2.24) is 10.3 Å². The lowest BCUT2D eigenvalue weighted by molar-refractivity contribution is 0.175. The second kappa shape index (κ2) is 7.27. The Bertz CT molecular complexity index is 897. The zero-order valence-corrected chi connectivity index (χ0v) is 13.7. The van der Waals surface area contributed by atoms with Crippen molar-refractivity contribution in [2.24, 2.45) is 0 Å². The number of nitrogens with zero attached hydrogens (tertiary/aromatic N) is 1. The SMILES string of the molecule is Cc1ccc2cccc(NC(=O)NCC(O)c3ccc(F)cc3)c2n1. The van der Waals surface area contributed by atoms with Crippen molar-refractivity contribution >= 4 is 22.6 Å². The molecule has 0 fully saturated rings. The highest BCUT2D eigenvalue weighted by molar-refractivity contribution is 5.99. The zero-order chi connectivity index (χ0) is 17.8. The molecule has 5 nitrogen and oxygen atoms in total. The number of nitrogens with one attached hydrogen (secondary N) is 2. The Morgan fingerprint density at radius 3 is 2.68 bits per heavy atom. The number of carbonyl (C=O) groups excluding carboxylic acids is 1. The van der Waals surface area contributed by atoms with Crippen molar-refractivity contribution in [3.05, 3.63) is 71.7 Å². The van der Waals surface area contributed by atoms with Gasteiger partial charge in [0, 0.05) is 17.6 Å². The number of hydrogen-bond donors (Lipinski definition) is 3. The summed E-state index contributed by atoms with van der Waals surface area (Å²) in [5.41, 5.74) is 2.68. The molecule has 0 spiro atoms. The molecule has 1 aromatic heterocycles. The van der Waals surface area contributed by atoms with Crippen LogP contribution in [0.4, 0.5) is 14.9 Å². The van der Waals surface area contributed by atoms with Gasteiger partial charge in [0.1, 0.15) is 5.82 Å². The number of hydrogen-bond acceptors (Lipinski definition) is 3. The molecule has 1 unspecified atom stereocenters. The molecule has 0 aliphatic heterocycles. The molecule has 1 heterocycles. The first kappa shape index (κ1) is 16.9. The van der Waals surface area contributed by atoms with Gasteiger partial charge in [-0.25, -0.2) is 9.18 Å². The van der Waals surface area contributed by atoms with E-state index in [-0.39, 0.29) is 12.4 Å². The summed E-state index contributed by atoms with van der Waals surface area (Å²) in [5.74, 6) is -0.375. The number of carbonyl (C=O) groups is 1. The van der Waals surface area contributed by atoms with Gasteiger partial charge in [0.2, 0.25) is 0 Å². The Labute approximate surface area is 144 Å². The molecule has 25 heavy (non-hydrogen) atoms. The number of aryl methyl sites for hydroxylation is 1. The smallest absolute Gasteiger partial charge is 0.319 e. The summed E-state index contributed by atoms with van der Waals surface area (Å²) >= 11 is 0. The first-order chi connectivity index (χ1) is 12.0. The lowest BCUT2D eigenvalue weighted by Crippen LogP contribution is -2.32. The van der Waals surface area contributed by atoms with E-state index in [9.17, 15) is 14.3 Å². The van der Waals surface area contributed by atoms with Gasteiger partial charge >= 0.3 is 6.03 Å². The molecule has 2 amide bonds. The third-order valence-electron chi connectivity index (χ3n) is 3.82. The highest BCUT2D eigenvalue weighted by atomic mass is 19.1. The number of fused-ring (bicyclic) bond motifs is 1. The number of rotatable bonds is 4. The van der Waals surface area contributed by atoms with Gasteiger partial charge < -0.3 is 15.7 Å². The van der Waals surface area contributed by atoms with E-state index >= 15 is 0 Å². The first-order valence-electron chi connectivity index (χ1n) is 7.88. The summed E-state index contributed by atoms with van der Waals surface area (Å²) in [5, 5.41) is 16.3. The average Bonchev–Trinajstić information content (AvgIpc) is 2.61. The Hall–Kier alpha value is -2.99. The summed E-state index contributed by atoms with van der Waals surface area (Å²) in [6, 6.07) is 14.4. The van der Waals surface area contributed by atoms with E-state index in [2.05, 4.69) is 15.6 Å². The van der Waals surface area contributed by atoms with Crippen LogP contribution in [-0.2, 0) is 0 Å². The van der Waals surface area contributed by atoms with E-state index in [1.54, 1.807) is 6.07 Å². The maximum atomic E-state index is 12.9. The Morgan fingerprint density at radius 2 is 1.92 bits per heavy atom. The Morgan fingerprint density at radius 1 is 1.16 bits per heavy atom. The summed E-state index contributed by atoms with van der Waals surface area (Å²) < 4.78 is 12.9. The number of halogens is 1. The van der Waals surface area contributed by atoms with E-state index in [1.807, 2.05) is 31.2 Å². The van der Waals surface area contributed by atoms with Gasteiger partial charge in [0.05, 0.1) is 17.3 Å². The number of aromatic nitrogens is 1. The number of aliphatic hydroxyl groups excluding tert-OH is 1. The minimum atomic E-state index is -0.917. The molecule has 0 saturated heterocycles. The van der Waals surface area contributed by atoms with Gasteiger partial charge in [0.15, 0.2) is 0 Å². The summed E-state index contributed by atoms with van der Waals surface area (Å²) in [6.07, 6.45) is -0.917. The number of urea groups is 1. The minimum absolute atomic E-state index is 0.00862. The molecule has 0 aliphatic carbocycles. The van der Waals surface area contributed by atoms with Crippen LogP contribution < -0.4 is 10.6 Å². The van der Waals surface area contributed by atoms with Gasteiger partial charge in [-0.15, -0.1) is 0 Å². The molecule has 3 rings (SSSR count). The van der Waals surface area contributed by atoms with Crippen molar-refractivity contribution in [2.45, 2.75) is 13.0 Å². The zero-order valence-electron chi connectivity index (χ0n) is 13.7. The fourth-order valence-corrected chi connectivity index (χ4v) is 2.50. The molecule has 128 valence electrons. The van der Waals surface area contributed by atoms with Crippen LogP contribution in [0.25, 0.3) is 10.9 Å². The van der Waals surface area contributed by atoms with Crippen LogP contribution in [0.5, 0.6) is 0 Å². The van der Waals surface area contributed by atoms with Crippen LogP contribution in [0.1, 0.15) is 17.4 Å². The van der Waals surface area contributed by atoms with Crippen LogP contribution in [0.15, 0.2) is 54.6 Å². The van der Waals surface area contributed by atoms with E-state index in [0.29, 0.717) is 16.8 Å². The van der Waals surface area contributed by atoms with E-state index in [4.69, 9.17) is 0 Å². The normalized spacial score (nSPS) is 12.0. The van der Waals surface area contributed by atoms with Crippen LogP contribution in [-0.4, -0.2) is 22.7 Å². The lowest BCUT2D eigenvalue weighted by atomic mass is 10.1. The van der Waals surface area contributed by atoms with Crippen molar-refractivity contribution in [1.29, 1.82) is 0 Å². The number of pyridine rings is 1. The molecule has 0 bridgehead atoms. The van der Waals surface area contributed by atoms with E-state index < -0.39 is 12.1 Å². The Balaban J connectivity index is 1.65. The third kappa shape index (κ3) is 4.10. The topological polar surface area (TPSA) is 74.2 Å². The summed E-state index contributed by atoms with van der Waals surface area (Å²) in [7, 11) is 0. The van der Waals surface area contributed by atoms with E-state index in [1.165, 1.54) is 24.3 Å². The second-order valence-corrected chi connectivity index (χ2v) is 5.73. The van der Waals surface area contributed by atoms with Gasteiger partial charge in [-0.3, -0.25) is 4.98 Å². The summed E-state index contributed by atoms with van der Waals surface area (Å²) in [4.78, 5) is 16.6. The Kier molecular flexibility index (Phi) is 4.90. The second-order valence-electron chi connectivity index (χ2n) is 5.73.